The number of aryl methyl sites for hydroxylation is 1. The van der Waals surface area contributed by atoms with Crippen LogP contribution in [0.25, 0.3) is 10.9 Å². The molecular formula is C14H16N2O3. The summed E-state index contributed by atoms with van der Waals surface area (Å²) in [4.78, 5) is 15.7. The second-order valence-electron chi connectivity index (χ2n) is 4.12. The van der Waals surface area contributed by atoms with E-state index in [1.165, 1.54) is 0 Å². The van der Waals surface area contributed by atoms with Gasteiger partial charge in [0.1, 0.15) is 11.3 Å². The van der Waals surface area contributed by atoms with Crippen LogP contribution in [0, 0.1) is 0 Å². The zero-order valence-corrected chi connectivity index (χ0v) is 10.9. The van der Waals surface area contributed by atoms with E-state index in [9.17, 15) is 9.90 Å². The molecule has 0 aliphatic carbocycles. The molecule has 0 radical (unpaired) electrons. The summed E-state index contributed by atoms with van der Waals surface area (Å²) in [5.74, 6) is -0.394. The molecule has 100 valence electrons. The molecule has 0 unspecified atom stereocenters. The van der Waals surface area contributed by atoms with Crippen LogP contribution >= 0.6 is 0 Å². The number of anilines is 1. The number of nitrogens with zero attached hydrogens (tertiary/aromatic N) is 1. The predicted octanol–water partition coefficient (Wildman–Crippen LogP) is 2.48. The van der Waals surface area contributed by atoms with Crippen LogP contribution in [0.2, 0.25) is 0 Å². The number of carboxylic acid groups (broad SMARTS) is 1. The lowest BCUT2D eigenvalue weighted by Crippen LogP contribution is -2.09. The number of nitrogens with two attached hydrogens (primary N) is 1. The summed E-state index contributed by atoms with van der Waals surface area (Å²) in [7, 11) is 0. The maximum Gasteiger partial charge on any atom is 0.339 e. The van der Waals surface area contributed by atoms with Gasteiger partial charge in [0.25, 0.3) is 0 Å². The molecule has 0 atom stereocenters. The normalized spacial score (nSPS) is 10.6. The number of pyridine rings is 1. The molecule has 1 aromatic carbocycles. The fourth-order valence-electron chi connectivity index (χ4n) is 2.07. The average molecular weight is 260 g/mol. The van der Waals surface area contributed by atoms with Crippen molar-refractivity contribution < 1.29 is 14.6 Å². The third-order valence-electron chi connectivity index (χ3n) is 2.93. The Labute approximate surface area is 111 Å². The van der Waals surface area contributed by atoms with E-state index in [4.69, 9.17) is 10.5 Å². The van der Waals surface area contributed by atoms with E-state index in [2.05, 4.69) is 4.98 Å². The van der Waals surface area contributed by atoms with Gasteiger partial charge in [-0.1, -0.05) is 6.92 Å². The summed E-state index contributed by atoms with van der Waals surface area (Å²) in [6, 6.07) is 5.33. The number of carboxylic acids is 1. The number of rotatable bonds is 4. The Bertz CT molecular complexity index is 638. The molecule has 5 heteroatoms. The van der Waals surface area contributed by atoms with Crippen molar-refractivity contribution in [2.45, 2.75) is 20.3 Å². The minimum absolute atomic E-state index is 0.0867. The van der Waals surface area contributed by atoms with E-state index in [1.807, 2.05) is 13.8 Å². The quantitative estimate of drug-likeness (QED) is 0.882. The molecule has 0 aliphatic heterocycles. The first-order chi connectivity index (χ1) is 9.08. The second-order valence-corrected chi connectivity index (χ2v) is 4.12. The number of fused-ring (bicyclic) bond motifs is 1. The van der Waals surface area contributed by atoms with E-state index in [1.54, 1.807) is 18.2 Å². The number of aromatic carboxylic acids is 1. The molecule has 1 heterocycles. The van der Waals surface area contributed by atoms with Gasteiger partial charge in [0, 0.05) is 5.39 Å². The SMILES string of the molecule is CCOc1ccc2nc(CC)c(C(=O)O)c(N)c2c1. The number of hydrogen-bond acceptors (Lipinski definition) is 4. The molecule has 19 heavy (non-hydrogen) atoms. The van der Waals surface area contributed by atoms with Crippen LogP contribution in [0.3, 0.4) is 0 Å². The average Bonchev–Trinajstić information content (AvgIpc) is 2.39. The minimum Gasteiger partial charge on any atom is -0.494 e. The van der Waals surface area contributed by atoms with Gasteiger partial charge in [-0.15, -0.1) is 0 Å². The summed E-state index contributed by atoms with van der Waals surface area (Å²) in [5, 5.41) is 9.87. The van der Waals surface area contributed by atoms with Crippen molar-refractivity contribution in [1.29, 1.82) is 0 Å². The Hall–Kier alpha value is -2.30. The number of hydrogen-bond donors (Lipinski definition) is 2. The van der Waals surface area contributed by atoms with E-state index in [-0.39, 0.29) is 11.3 Å². The lowest BCUT2D eigenvalue weighted by Gasteiger charge is -2.11. The highest BCUT2D eigenvalue weighted by molar-refractivity contribution is 6.04. The number of carbonyl (C=O) groups is 1. The van der Waals surface area contributed by atoms with E-state index >= 15 is 0 Å². The Balaban J connectivity index is 2.73. The maximum absolute atomic E-state index is 11.3. The first-order valence-corrected chi connectivity index (χ1v) is 6.16. The molecule has 2 rings (SSSR count). The zero-order chi connectivity index (χ0) is 14.0. The van der Waals surface area contributed by atoms with Crippen LogP contribution in [-0.4, -0.2) is 22.7 Å². The molecule has 1 aromatic heterocycles. The molecule has 0 saturated carbocycles. The third kappa shape index (κ3) is 2.31. The van der Waals surface area contributed by atoms with Gasteiger partial charge in [0.15, 0.2) is 0 Å². The molecule has 3 N–H and O–H groups in total. The Kier molecular flexibility index (Phi) is 3.55. The van der Waals surface area contributed by atoms with Gasteiger partial charge in [0.2, 0.25) is 0 Å². The highest BCUT2D eigenvalue weighted by atomic mass is 16.5. The number of nitrogen functional groups attached to an aromatic ring is 1. The maximum atomic E-state index is 11.3. The Morgan fingerprint density at radius 3 is 2.74 bits per heavy atom. The van der Waals surface area contributed by atoms with Gasteiger partial charge >= 0.3 is 5.97 Å². The summed E-state index contributed by atoms with van der Waals surface area (Å²) in [6.45, 7) is 4.28. The smallest absolute Gasteiger partial charge is 0.339 e. The van der Waals surface area contributed by atoms with Crippen LogP contribution < -0.4 is 10.5 Å². The van der Waals surface area contributed by atoms with Gasteiger partial charge in [-0.2, -0.15) is 0 Å². The monoisotopic (exact) mass is 260 g/mol. The Morgan fingerprint density at radius 2 is 2.16 bits per heavy atom. The van der Waals surface area contributed by atoms with Crippen LogP contribution in [0.5, 0.6) is 5.75 Å². The van der Waals surface area contributed by atoms with Gasteiger partial charge in [-0.25, -0.2) is 4.79 Å². The molecule has 0 amide bonds. The molecule has 0 bridgehead atoms. The van der Waals surface area contributed by atoms with Gasteiger partial charge in [-0.3, -0.25) is 4.98 Å². The van der Waals surface area contributed by atoms with Crippen molar-refractivity contribution >= 4 is 22.6 Å². The fraction of sp³-hybridized carbons (Fsp3) is 0.286. The van der Waals surface area contributed by atoms with Crippen molar-refractivity contribution in [2.75, 3.05) is 12.3 Å². The van der Waals surface area contributed by atoms with Crippen LogP contribution in [0.15, 0.2) is 18.2 Å². The lowest BCUT2D eigenvalue weighted by atomic mass is 10.0. The van der Waals surface area contributed by atoms with E-state index in [0.29, 0.717) is 35.4 Å². The molecule has 0 spiro atoms. The van der Waals surface area contributed by atoms with Crippen molar-refractivity contribution in [2.24, 2.45) is 0 Å². The first-order valence-electron chi connectivity index (χ1n) is 6.16. The number of benzene rings is 1. The lowest BCUT2D eigenvalue weighted by molar-refractivity contribution is 0.0696. The first kappa shape index (κ1) is 13.1. The largest absolute Gasteiger partial charge is 0.494 e. The summed E-state index contributed by atoms with van der Waals surface area (Å²) >= 11 is 0. The fourth-order valence-corrected chi connectivity index (χ4v) is 2.07. The zero-order valence-electron chi connectivity index (χ0n) is 10.9. The summed E-state index contributed by atoms with van der Waals surface area (Å²) in [6.07, 6.45) is 0.523. The summed E-state index contributed by atoms with van der Waals surface area (Å²) < 4.78 is 5.40. The minimum atomic E-state index is -1.05. The molecule has 5 nitrogen and oxygen atoms in total. The van der Waals surface area contributed by atoms with E-state index < -0.39 is 5.97 Å². The van der Waals surface area contributed by atoms with Crippen molar-refractivity contribution in [3.8, 4) is 5.75 Å². The van der Waals surface area contributed by atoms with Crippen molar-refractivity contribution in [3.63, 3.8) is 0 Å². The molecular weight excluding hydrogens is 244 g/mol. The molecule has 0 aliphatic rings. The molecule has 0 fully saturated rings. The second kappa shape index (κ2) is 5.14. The highest BCUT2D eigenvalue weighted by Crippen LogP contribution is 2.29. The number of ether oxygens (including phenoxy) is 1. The highest BCUT2D eigenvalue weighted by Gasteiger charge is 2.18. The standard InChI is InChI=1S/C14H16N2O3/c1-3-10-12(14(17)18)13(15)9-7-8(19-4-2)5-6-11(9)16-10/h5-7H,3-4H2,1-2H3,(H2,15,16)(H,17,18). The Morgan fingerprint density at radius 1 is 1.42 bits per heavy atom. The summed E-state index contributed by atoms with van der Waals surface area (Å²) in [5.41, 5.74) is 7.50. The molecule has 0 saturated heterocycles. The molecule has 2 aromatic rings. The van der Waals surface area contributed by atoms with Crippen LogP contribution in [-0.2, 0) is 6.42 Å². The number of aromatic nitrogens is 1. The third-order valence-corrected chi connectivity index (χ3v) is 2.93. The van der Waals surface area contributed by atoms with Crippen molar-refractivity contribution in [1.82, 2.24) is 4.98 Å². The van der Waals surface area contributed by atoms with Gasteiger partial charge in [0.05, 0.1) is 23.5 Å². The van der Waals surface area contributed by atoms with Crippen molar-refractivity contribution in [3.05, 3.63) is 29.5 Å². The van der Waals surface area contributed by atoms with E-state index in [0.717, 1.165) is 0 Å². The predicted molar refractivity (Wildman–Crippen MR) is 73.7 cm³/mol. The topological polar surface area (TPSA) is 85.4 Å². The van der Waals surface area contributed by atoms with Gasteiger partial charge in [-0.05, 0) is 31.5 Å². The van der Waals surface area contributed by atoms with Gasteiger partial charge < -0.3 is 15.6 Å². The van der Waals surface area contributed by atoms with Crippen LogP contribution in [0.1, 0.15) is 29.9 Å². The van der Waals surface area contributed by atoms with Crippen LogP contribution in [0.4, 0.5) is 5.69 Å².